The first kappa shape index (κ1) is 19.3. The van der Waals surface area contributed by atoms with Gasteiger partial charge in [0, 0.05) is 10.6 Å². The van der Waals surface area contributed by atoms with Gasteiger partial charge < -0.3 is 10.1 Å². The number of nitrogens with one attached hydrogen (secondary N) is 1. The van der Waals surface area contributed by atoms with E-state index >= 15 is 0 Å². The summed E-state index contributed by atoms with van der Waals surface area (Å²) < 4.78 is 5.61. The molecule has 0 aromatic heterocycles. The van der Waals surface area contributed by atoms with Crippen molar-refractivity contribution in [3.8, 4) is 5.75 Å². The SMILES string of the molecule is O=C(NCCOc1ccccc1Cl)c1ccccc1SCc1ccccc1. The predicted molar refractivity (Wildman–Crippen MR) is 112 cm³/mol. The zero-order valence-electron chi connectivity index (χ0n) is 14.7. The van der Waals surface area contributed by atoms with Crippen LogP contribution in [0.5, 0.6) is 5.75 Å². The van der Waals surface area contributed by atoms with Crippen LogP contribution in [0, 0.1) is 0 Å². The van der Waals surface area contributed by atoms with Crippen LogP contribution in [-0.4, -0.2) is 19.1 Å². The number of carbonyl (C=O) groups is 1. The standard InChI is InChI=1S/C22H20ClNO2S/c23-19-11-5-6-12-20(19)26-15-14-24-22(25)18-10-4-7-13-21(18)27-16-17-8-2-1-3-9-17/h1-13H,14-16H2,(H,24,25). The van der Waals surface area contributed by atoms with Crippen molar-refractivity contribution < 1.29 is 9.53 Å². The molecule has 0 radical (unpaired) electrons. The van der Waals surface area contributed by atoms with E-state index < -0.39 is 0 Å². The van der Waals surface area contributed by atoms with Gasteiger partial charge in [-0.1, -0.05) is 66.2 Å². The van der Waals surface area contributed by atoms with Crippen LogP contribution in [0.4, 0.5) is 0 Å². The van der Waals surface area contributed by atoms with Crippen molar-refractivity contribution >= 4 is 29.3 Å². The molecule has 0 saturated heterocycles. The maximum absolute atomic E-state index is 12.5. The van der Waals surface area contributed by atoms with E-state index in [-0.39, 0.29) is 5.91 Å². The first-order valence-corrected chi connectivity index (χ1v) is 10.0. The first-order chi connectivity index (χ1) is 13.2. The highest BCUT2D eigenvalue weighted by Gasteiger charge is 2.11. The van der Waals surface area contributed by atoms with Crippen molar-refractivity contribution in [3.05, 3.63) is 95.0 Å². The molecule has 0 aliphatic carbocycles. The van der Waals surface area contributed by atoms with Gasteiger partial charge in [0.1, 0.15) is 12.4 Å². The third-order valence-corrected chi connectivity index (χ3v) is 5.31. The van der Waals surface area contributed by atoms with Crippen LogP contribution in [0.3, 0.4) is 0 Å². The van der Waals surface area contributed by atoms with E-state index in [1.54, 1.807) is 23.9 Å². The second kappa shape index (κ2) is 10.0. The van der Waals surface area contributed by atoms with Gasteiger partial charge in [-0.3, -0.25) is 4.79 Å². The van der Waals surface area contributed by atoms with Crippen molar-refractivity contribution in [2.75, 3.05) is 13.2 Å². The van der Waals surface area contributed by atoms with Crippen LogP contribution < -0.4 is 10.1 Å². The predicted octanol–water partition coefficient (Wildman–Crippen LogP) is 5.44. The third-order valence-electron chi connectivity index (χ3n) is 3.85. The van der Waals surface area contributed by atoms with Gasteiger partial charge in [-0.2, -0.15) is 0 Å². The normalized spacial score (nSPS) is 10.4. The lowest BCUT2D eigenvalue weighted by atomic mass is 10.2. The zero-order chi connectivity index (χ0) is 18.9. The second-order valence-corrected chi connectivity index (χ2v) is 7.23. The number of hydrogen-bond acceptors (Lipinski definition) is 3. The summed E-state index contributed by atoms with van der Waals surface area (Å²) in [5.41, 5.74) is 1.90. The van der Waals surface area contributed by atoms with E-state index in [9.17, 15) is 4.79 Å². The fourth-order valence-electron chi connectivity index (χ4n) is 2.50. The first-order valence-electron chi connectivity index (χ1n) is 8.65. The smallest absolute Gasteiger partial charge is 0.252 e. The number of hydrogen-bond donors (Lipinski definition) is 1. The molecule has 0 atom stereocenters. The highest BCUT2D eigenvalue weighted by Crippen LogP contribution is 2.26. The van der Waals surface area contributed by atoms with Gasteiger partial charge in [-0.25, -0.2) is 0 Å². The number of rotatable bonds is 8. The molecule has 0 fully saturated rings. The van der Waals surface area contributed by atoms with Gasteiger partial charge >= 0.3 is 0 Å². The van der Waals surface area contributed by atoms with E-state index in [4.69, 9.17) is 16.3 Å². The van der Waals surface area contributed by atoms with E-state index in [0.29, 0.717) is 29.5 Å². The lowest BCUT2D eigenvalue weighted by Crippen LogP contribution is -2.28. The van der Waals surface area contributed by atoms with E-state index in [1.807, 2.05) is 54.6 Å². The third kappa shape index (κ3) is 5.78. The maximum atomic E-state index is 12.5. The summed E-state index contributed by atoms with van der Waals surface area (Å²) in [5.74, 6) is 1.34. The van der Waals surface area contributed by atoms with Crippen molar-refractivity contribution in [1.82, 2.24) is 5.32 Å². The summed E-state index contributed by atoms with van der Waals surface area (Å²) in [7, 11) is 0. The Bertz CT molecular complexity index is 886. The maximum Gasteiger partial charge on any atom is 0.252 e. The van der Waals surface area contributed by atoms with Gasteiger partial charge in [0.15, 0.2) is 0 Å². The van der Waals surface area contributed by atoms with Crippen LogP contribution in [0.15, 0.2) is 83.8 Å². The molecule has 0 heterocycles. The van der Waals surface area contributed by atoms with Gasteiger partial charge in [0.05, 0.1) is 17.1 Å². The molecule has 1 amide bonds. The summed E-state index contributed by atoms with van der Waals surface area (Å²) in [4.78, 5) is 13.5. The van der Waals surface area contributed by atoms with Crippen LogP contribution in [0.25, 0.3) is 0 Å². The molecule has 3 nitrogen and oxygen atoms in total. The average molecular weight is 398 g/mol. The van der Waals surface area contributed by atoms with E-state index in [1.165, 1.54) is 5.56 Å². The quantitative estimate of drug-likeness (QED) is 0.406. The molecule has 0 saturated carbocycles. The number of halogens is 1. The summed E-state index contributed by atoms with van der Waals surface area (Å²) in [6.45, 7) is 0.760. The highest BCUT2D eigenvalue weighted by molar-refractivity contribution is 7.98. The Morgan fingerprint density at radius 1 is 0.926 bits per heavy atom. The van der Waals surface area contributed by atoms with Crippen molar-refractivity contribution in [3.63, 3.8) is 0 Å². The van der Waals surface area contributed by atoms with Crippen LogP contribution in [0.1, 0.15) is 15.9 Å². The molecular weight excluding hydrogens is 378 g/mol. The Hall–Kier alpha value is -2.43. The fourth-order valence-corrected chi connectivity index (χ4v) is 3.69. The Morgan fingerprint density at radius 3 is 2.44 bits per heavy atom. The minimum absolute atomic E-state index is 0.103. The molecule has 27 heavy (non-hydrogen) atoms. The van der Waals surface area contributed by atoms with Gasteiger partial charge in [0.2, 0.25) is 0 Å². The number of amides is 1. The lowest BCUT2D eigenvalue weighted by molar-refractivity contribution is 0.0944. The minimum atomic E-state index is -0.103. The molecule has 0 aliphatic heterocycles. The highest BCUT2D eigenvalue weighted by atomic mass is 35.5. The van der Waals surface area contributed by atoms with Gasteiger partial charge in [0.25, 0.3) is 5.91 Å². The van der Waals surface area contributed by atoms with Crippen LogP contribution in [-0.2, 0) is 5.75 Å². The topological polar surface area (TPSA) is 38.3 Å². The number of para-hydroxylation sites is 1. The molecule has 0 spiro atoms. The average Bonchev–Trinajstić information content (AvgIpc) is 2.71. The van der Waals surface area contributed by atoms with Gasteiger partial charge in [-0.15, -0.1) is 11.8 Å². The van der Waals surface area contributed by atoms with E-state index in [0.717, 1.165) is 10.6 Å². The number of ether oxygens (including phenoxy) is 1. The zero-order valence-corrected chi connectivity index (χ0v) is 16.3. The van der Waals surface area contributed by atoms with Gasteiger partial charge in [-0.05, 0) is 29.8 Å². The molecule has 5 heteroatoms. The van der Waals surface area contributed by atoms with Crippen molar-refractivity contribution in [2.45, 2.75) is 10.6 Å². The summed E-state index contributed by atoms with van der Waals surface area (Å²) >= 11 is 7.71. The minimum Gasteiger partial charge on any atom is -0.490 e. The Kier molecular flexibility index (Phi) is 7.19. The van der Waals surface area contributed by atoms with Crippen molar-refractivity contribution in [1.29, 1.82) is 0 Å². The second-order valence-electron chi connectivity index (χ2n) is 5.81. The molecule has 3 rings (SSSR count). The molecule has 1 N–H and O–H groups in total. The molecule has 138 valence electrons. The number of thioether (sulfide) groups is 1. The summed E-state index contributed by atoms with van der Waals surface area (Å²) in [6, 6.07) is 25.1. The molecular formula is C22H20ClNO2S. The molecule has 0 aliphatic rings. The molecule has 0 unspecified atom stereocenters. The monoisotopic (exact) mass is 397 g/mol. The molecule has 3 aromatic rings. The largest absolute Gasteiger partial charge is 0.490 e. The van der Waals surface area contributed by atoms with Crippen LogP contribution in [0.2, 0.25) is 5.02 Å². The van der Waals surface area contributed by atoms with Crippen LogP contribution >= 0.6 is 23.4 Å². The molecule has 0 bridgehead atoms. The summed E-state index contributed by atoms with van der Waals surface area (Å²) in [5, 5.41) is 3.47. The van der Waals surface area contributed by atoms with Crippen molar-refractivity contribution in [2.24, 2.45) is 0 Å². The van der Waals surface area contributed by atoms with E-state index in [2.05, 4.69) is 17.4 Å². The lowest BCUT2D eigenvalue weighted by Gasteiger charge is -2.11. The Balaban J connectivity index is 1.53. The number of carbonyl (C=O) groups excluding carboxylic acids is 1. The Morgan fingerprint density at radius 2 is 1.63 bits per heavy atom. The fraction of sp³-hybridized carbons (Fsp3) is 0.136. The summed E-state index contributed by atoms with van der Waals surface area (Å²) in [6.07, 6.45) is 0. The number of benzene rings is 3. The Labute approximate surface area is 168 Å². The molecule has 3 aromatic carbocycles.